The summed E-state index contributed by atoms with van der Waals surface area (Å²) in [6.45, 7) is 8.09. The van der Waals surface area contributed by atoms with Crippen molar-refractivity contribution in [1.29, 1.82) is 0 Å². The average Bonchev–Trinajstić information content (AvgIpc) is 3.16. The van der Waals surface area contributed by atoms with Crippen molar-refractivity contribution in [2.24, 2.45) is 0 Å². The number of aromatic nitrogens is 5. The Morgan fingerprint density at radius 2 is 1.90 bits per heavy atom. The summed E-state index contributed by atoms with van der Waals surface area (Å²) < 4.78 is 6.94. The zero-order valence-corrected chi connectivity index (χ0v) is 16.4. The Hall–Kier alpha value is -3.04. The maximum absolute atomic E-state index is 5.33. The SMILES string of the molecule is Cc1cc(Nc2ncn(-c3cnccn3)n2)cc(N2CCN(C3COC3)CC2)c1. The van der Waals surface area contributed by atoms with Gasteiger partial charge < -0.3 is 15.0 Å². The molecule has 0 spiro atoms. The molecule has 2 aromatic heterocycles. The molecule has 0 unspecified atom stereocenters. The summed E-state index contributed by atoms with van der Waals surface area (Å²) >= 11 is 0. The number of rotatable bonds is 5. The van der Waals surface area contributed by atoms with Gasteiger partial charge >= 0.3 is 0 Å². The van der Waals surface area contributed by atoms with Crippen LogP contribution in [0.15, 0.2) is 43.1 Å². The number of hydrogen-bond acceptors (Lipinski definition) is 8. The van der Waals surface area contributed by atoms with Crippen molar-refractivity contribution in [3.8, 4) is 5.82 Å². The minimum atomic E-state index is 0.530. The number of aryl methyl sites for hydroxylation is 1. The molecule has 0 aliphatic carbocycles. The molecule has 2 saturated heterocycles. The topological polar surface area (TPSA) is 84.2 Å². The molecular formula is C20H24N8O. The minimum absolute atomic E-state index is 0.530. The third kappa shape index (κ3) is 3.92. The normalized spacial score (nSPS) is 17.9. The zero-order valence-electron chi connectivity index (χ0n) is 16.4. The molecule has 2 aliphatic heterocycles. The van der Waals surface area contributed by atoms with Crippen molar-refractivity contribution < 1.29 is 4.74 Å². The van der Waals surface area contributed by atoms with Gasteiger partial charge in [0.05, 0.1) is 25.5 Å². The summed E-state index contributed by atoms with van der Waals surface area (Å²) in [7, 11) is 0. The molecule has 1 aromatic carbocycles. The summed E-state index contributed by atoms with van der Waals surface area (Å²) in [5, 5.41) is 7.77. The molecule has 29 heavy (non-hydrogen) atoms. The second-order valence-electron chi connectivity index (χ2n) is 7.47. The van der Waals surface area contributed by atoms with Crippen molar-refractivity contribution in [1.82, 2.24) is 29.6 Å². The molecule has 2 fully saturated rings. The lowest BCUT2D eigenvalue weighted by Gasteiger charge is -2.43. The largest absolute Gasteiger partial charge is 0.378 e. The molecule has 0 atom stereocenters. The Morgan fingerprint density at radius 3 is 2.62 bits per heavy atom. The fourth-order valence-corrected chi connectivity index (χ4v) is 3.77. The van der Waals surface area contributed by atoms with Gasteiger partial charge in [0.1, 0.15) is 6.33 Å². The highest BCUT2D eigenvalue weighted by Crippen LogP contribution is 2.26. The molecule has 150 valence electrons. The Balaban J connectivity index is 1.28. The number of nitrogens with one attached hydrogen (secondary N) is 1. The lowest BCUT2D eigenvalue weighted by Crippen LogP contribution is -2.56. The van der Waals surface area contributed by atoms with Gasteiger partial charge in [0.25, 0.3) is 0 Å². The molecule has 1 N–H and O–H groups in total. The molecule has 0 saturated carbocycles. The van der Waals surface area contributed by atoms with Gasteiger partial charge in [-0.15, -0.1) is 5.10 Å². The molecule has 0 amide bonds. The minimum Gasteiger partial charge on any atom is -0.378 e. The van der Waals surface area contributed by atoms with Crippen LogP contribution in [0, 0.1) is 6.92 Å². The average molecular weight is 392 g/mol. The molecule has 3 aromatic rings. The van der Waals surface area contributed by atoms with E-state index in [0.717, 1.165) is 45.1 Å². The predicted octanol–water partition coefficient (Wildman–Crippen LogP) is 1.63. The first-order valence-electron chi connectivity index (χ1n) is 9.88. The molecule has 0 radical (unpaired) electrons. The van der Waals surface area contributed by atoms with Crippen LogP contribution in [0.4, 0.5) is 17.3 Å². The van der Waals surface area contributed by atoms with E-state index in [-0.39, 0.29) is 0 Å². The Kier molecular flexibility index (Phi) is 4.82. The van der Waals surface area contributed by atoms with Crippen LogP contribution in [0.5, 0.6) is 0 Å². The van der Waals surface area contributed by atoms with Crippen LogP contribution in [0.1, 0.15) is 5.56 Å². The number of benzene rings is 1. The van der Waals surface area contributed by atoms with E-state index in [2.05, 4.69) is 60.3 Å². The quantitative estimate of drug-likeness (QED) is 0.701. The number of hydrogen-bond donors (Lipinski definition) is 1. The lowest BCUT2D eigenvalue weighted by molar-refractivity contribution is -0.0660. The van der Waals surface area contributed by atoms with E-state index in [9.17, 15) is 0 Å². The van der Waals surface area contributed by atoms with Crippen LogP contribution in [0.25, 0.3) is 5.82 Å². The molecule has 5 rings (SSSR count). The number of nitrogens with zero attached hydrogens (tertiary/aromatic N) is 7. The van der Waals surface area contributed by atoms with E-state index in [1.165, 1.54) is 11.3 Å². The van der Waals surface area contributed by atoms with Crippen molar-refractivity contribution in [3.05, 3.63) is 48.7 Å². The summed E-state index contributed by atoms with van der Waals surface area (Å²) in [5.74, 6) is 1.16. The highest BCUT2D eigenvalue weighted by atomic mass is 16.5. The van der Waals surface area contributed by atoms with Crippen LogP contribution in [-0.4, -0.2) is 75.1 Å². The van der Waals surface area contributed by atoms with Gasteiger partial charge in [0.15, 0.2) is 5.82 Å². The maximum Gasteiger partial charge on any atom is 0.247 e. The summed E-state index contributed by atoms with van der Waals surface area (Å²) in [5.41, 5.74) is 3.41. The Morgan fingerprint density at radius 1 is 1.03 bits per heavy atom. The number of anilines is 3. The number of piperazine rings is 1. The van der Waals surface area contributed by atoms with Crippen LogP contribution >= 0.6 is 0 Å². The van der Waals surface area contributed by atoms with E-state index in [0.29, 0.717) is 17.8 Å². The molecule has 0 bridgehead atoms. The van der Waals surface area contributed by atoms with Gasteiger partial charge in [-0.1, -0.05) is 0 Å². The predicted molar refractivity (Wildman–Crippen MR) is 110 cm³/mol. The standard InChI is InChI=1S/C20H24N8O/c1-15-8-16(24-20-23-14-28(25-20)19-11-21-2-3-22-19)10-17(9-15)26-4-6-27(7-5-26)18-12-29-13-18/h2-3,8-11,14,18H,4-7,12-13H2,1H3,(H,24,25). The van der Waals surface area contributed by atoms with E-state index < -0.39 is 0 Å². The summed E-state index contributed by atoms with van der Waals surface area (Å²) in [4.78, 5) is 17.6. The van der Waals surface area contributed by atoms with Gasteiger partial charge in [-0.3, -0.25) is 9.88 Å². The van der Waals surface area contributed by atoms with Crippen molar-refractivity contribution in [2.75, 3.05) is 49.6 Å². The fraction of sp³-hybridized carbons (Fsp3) is 0.400. The van der Waals surface area contributed by atoms with Crippen LogP contribution in [-0.2, 0) is 4.74 Å². The lowest BCUT2D eigenvalue weighted by atomic mass is 10.1. The fourth-order valence-electron chi connectivity index (χ4n) is 3.77. The smallest absolute Gasteiger partial charge is 0.247 e. The van der Waals surface area contributed by atoms with Crippen LogP contribution in [0.2, 0.25) is 0 Å². The van der Waals surface area contributed by atoms with Crippen molar-refractivity contribution in [3.63, 3.8) is 0 Å². The van der Waals surface area contributed by atoms with E-state index in [1.54, 1.807) is 29.6 Å². The first-order chi connectivity index (χ1) is 14.2. The van der Waals surface area contributed by atoms with E-state index in [4.69, 9.17) is 4.74 Å². The van der Waals surface area contributed by atoms with Crippen molar-refractivity contribution in [2.45, 2.75) is 13.0 Å². The van der Waals surface area contributed by atoms with E-state index in [1.807, 2.05) is 0 Å². The Bertz CT molecular complexity index is 964. The highest BCUT2D eigenvalue weighted by molar-refractivity contribution is 5.64. The number of ether oxygens (including phenoxy) is 1. The Labute approximate surface area is 169 Å². The van der Waals surface area contributed by atoms with Crippen molar-refractivity contribution >= 4 is 17.3 Å². The van der Waals surface area contributed by atoms with Gasteiger partial charge in [-0.25, -0.2) is 4.98 Å². The van der Waals surface area contributed by atoms with Gasteiger partial charge in [0, 0.05) is 49.9 Å². The molecular weight excluding hydrogens is 368 g/mol. The van der Waals surface area contributed by atoms with Gasteiger partial charge in [-0.05, 0) is 30.7 Å². The zero-order chi connectivity index (χ0) is 19.6. The second-order valence-corrected chi connectivity index (χ2v) is 7.47. The molecule has 9 nitrogen and oxygen atoms in total. The van der Waals surface area contributed by atoms with Crippen LogP contribution in [0.3, 0.4) is 0 Å². The second kappa shape index (κ2) is 7.76. The summed E-state index contributed by atoms with van der Waals surface area (Å²) in [6, 6.07) is 7.12. The third-order valence-electron chi connectivity index (χ3n) is 5.41. The third-order valence-corrected chi connectivity index (χ3v) is 5.41. The van der Waals surface area contributed by atoms with Gasteiger partial charge in [0.2, 0.25) is 5.95 Å². The maximum atomic E-state index is 5.33. The first kappa shape index (κ1) is 18.0. The summed E-state index contributed by atoms with van der Waals surface area (Å²) in [6.07, 6.45) is 6.55. The molecule has 9 heteroatoms. The highest BCUT2D eigenvalue weighted by Gasteiger charge is 2.29. The first-order valence-corrected chi connectivity index (χ1v) is 9.88. The van der Waals surface area contributed by atoms with Crippen LogP contribution < -0.4 is 10.2 Å². The molecule has 2 aliphatic rings. The van der Waals surface area contributed by atoms with E-state index >= 15 is 0 Å². The van der Waals surface area contributed by atoms with Gasteiger partial charge in [-0.2, -0.15) is 9.67 Å². The molecule has 4 heterocycles. The monoisotopic (exact) mass is 392 g/mol.